The Morgan fingerprint density at radius 3 is 2.69 bits per heavy atom. The Kier molecular flexibility index (Phi) is 5.20. The molecular weight excluding hydrogens is 344 g/mol. The van der Waals surface area contributed by atoms with Crippen LogP contribution in [0, 0.1) is 18.3 Å². The minimum atomic E-state index is 0.440. The highest BCUT2D eigenvalue weighted by atomic mass is 35.5. The lowest BCUT2D eigenvalue weighted by Crippen LogP contribution is -1.98. The summed E-state index contributed by atoms with van der Waals surface area (Å²) in [6.45, 7) is 6.77. The third-order valence-electron chi connectivity index (χ3n) is 4.15. The fourth-order valence-electron chi connectivity index (χ4n) is 3.01. The number of halogens is 1. The number of pyridine rings is 2. The van der Waals surface area contributed by atoms with E-state index in [0.717, 1.165) is 39.5 Å². The number of hydrogen-bond donors (Lipinski definition) is 0. The van der Waals surface area contributed by atoms with Crippen LogP contribution >= 0.6 is 11.6 Å². The molecule has 0 N–H and O–H groups in total. The van der Waals surface area contributed by atoms with Gasteiger partial charge in [0, 0.05) is 29.7 Å². The summed E-state index contributed by atoms with van der Waals surface area (Å²) in [6.07, 6.45) is 5.51. The predicted octanol–water partition coefficient (Wildman–Crippen LogP) is 5.49. The van der Waals surface area contributed by atoms with Gasteiger partial charge >= 0.3 is 0 Å². The molecule has 4 nitrogen and oxygen atoms in total. The molecule has 0 aliphatic heterocycles. The number of benzene rings is 1. The summed E-state index contributed by atoms with van der Waals surface area (Å²) in [5, 5.41) is 11.7. The van der Waals surface area contributed by atoms with Crippen LogP contribution in [0.2, 0.25) is 5.02 Å². The molecule has 0 atom stereocenters. The molecule has 4 rings (SSSR count). The summed E-state index contributed by atoms with van der Waals surface area (Å²) >= 11 is 6.04. The van der Waals surface area contributed by atoms with Gasteiger partial charge in [-0.3, -0.25) is 4.98 Å². The Morgan fingerprint density at radius 2 is 1.92 bits per heavy atom. The number of fused-ring (bicyclic) bond motifs is 2. The summed E-state index contributed by atoms with van der Waals surface area (Å²) in [4.78, 5) is 8.52. The molecule has 4 aromatic rings. The Hall–Kier alpha value is -2.90. The Bertz CT molecular complexity index is 1120. The van der Waals surface area contributed by atoms with Crippen LogP contribution in [0.4, 0.5) is 0 Å². The molecule has 0 aliphatic carbocycles. The van der Waals surface area contributed by atoms with E-state index in [9.17, 15) is 0 Å². The van der Waals surface area contributed by atoms with Crippen LogP contribution in [0.3, 0.4) is 0 Å². The Labute approximate surface area is 157 Å². The molecule has 0 bridgehead atoms. The van der Waals surface area contributed by atoms with Gasteiger partial charge in [0.15, 0.2) is 0 Å². The first-order chi connectivity index (χ1) is 12.6. The van der Waals surface area contributed by atoms with Gasteiger partial charge in [-0.1, -0.05) is 31.5 Å². The van der Waals surface area contributed by atoms with Crippen molar-refractivity contribution in [3.8, 4) is 6.07 Å². The highest BCUT2D eigenvalue weighted by Gasteiger charge is 2.08. The van der Waals surface area contributed by atoms with Crippen LogP contribution in [-0.4, -0.2) is 14.5 Å². The summed E-state index contributed by atoms with van der Waals surface area (Å²) in [5.74, 6) is 0. The van der Waals surface area contributed by atoms with E-state index in [-0.39, 0.29) is 0 Å². The summed E-state index contributed by atoms with van der Waals surface area (Å²) in [6, 6.07) is 12.0. The number of hydrogen-bond acceptors (Lipinski definition) is 3. The molecule has 0 unspecified atom stereocenters. The summed E-state index contributed by atoms with van der Waals surface area (Å²) in [7, 11) is 0. The van der Waals surface area contributed by atoms with E-state index in [1.54, 1.807) is 12.4 Å². The van der Waals surface area contributed by atoms with Crippen molar-refractivity contribution in [3.05, 3.63) is 70.8 Å². The van der Waals surface area contributed by atoms with E-state index in [0.29, 0.717) is 10.7 Å². The van der Waals surface area contributed by atoms with Crippen LogP contribution in [0.5, 0.6) is 0 Å². The second-order valence-electron chi connectivity index (χ2n) is 5.82. The van der Waals surface area contributed by atoms with Gasteiger partial charge in [-0.2, -0.15) is 5.26 Å². The first kappa shape index (κ1) is 17.9. The zero-order chi connectivity index (χ0) is 18.7. The van der Waals surface area contributed by atoms with E-state index in [4.69, 9.17) is 16.9 Å². The minimum absolute atomic E-state index is 0.440. The maximum atomic E-state index is 9.02. The van der Waals surface area contributed by atoms with Crippen molar-refractivity contribution < 1.29 is 0 Å². The normalized spacial score (nSPS) is 10.4. The van der Waals surface area contributed by atoms with E-state index in [1.807, 2.05) is 39.0 Å². The number of nitrogens with zero attached hydrogens (tertiary/aromatic N) is 4. The van der Waals surface area contributed by atoms with Gasteiger partial charge in [-0.25, -0.2) is 4.98 Å². The summed E-state index contributed by atoms with van der Waals surface area (Å²) in [5.41, 5.74) is 4.69. The van der Waals surface area contributed by atoms with Crippen LogP contribution in [0.25, 0.3) is 21.8 Å². The van der Waals surface area contributed by atoms with Crippen molar-refractivity contribution in [1.29, 1.82) is 5.26 Å². The quantitative estimate of drug-likeness (QED) is 0.473. The molecule has 0 amide bonds. The van der Waals surface area contributed by atoms with Crippen molar-refractivity contribution in [2.45, 2.75) is 27.3 Å². The van der Waals surface area contributed by atoms with Gasteiger partial charge in [0.2, 0.25) is 0 Å². The fourth-order valence-corrected chi connectivity index (χ4v) is 3.17. The molecule has 3 aromatic heterocycles. The molecule has 3 heterocycles. The third-order valence-corrected chi connectivity index (χ3v) is 4.35. The molecular formula is C21H19ClN4. The molecule has 130 valence electrons. The molecule has 5 heteroatoms. The highest BCUT2D eigenvalue weighted by molar-refractivity contribution is 6.31. The maximum absolute atomic E-state index is 9.02. The zero-order valence-electron chi connectivity index (χ0n) is 15.0. The smallest absolute Gasteiger partial charge is 0.141 e. The van der Waals surface area contributed by atoms with Crippen molar-refractivity contribution in [2.75, 3.05) is 0 Å². The lowest BCUT2D eigenvalue weighted by molar-refractivity contribution is 0.833. The topological polar surface area (TPSA) is 54.5 Å². The van der Waals surface area contributed by atoms with Gasteiger partial charge < -0.3 is 4.57 Å². The number of aryl methyl sites for hydroxylation is 1. The van der Waals surface area contributed by atoms with Crippen molar-refractivity contribution in [1.82, 2.24) is 14.5 Å². The fraction of sp³-hybridized carbons (Fsp3) is 0.190. The van der Waals surface area contributed by atoms with Crippen LogP contribution < -0.4 is 0 Å². The Morgan fingerprint density at radius 1 is 1.12 bits per heavy atom. The Balaban J connectivity index is 0.000000948. The number of nitriles is 1. The average molecular weight is 363 g/mol. The molecule has 0 saturated heterocycles. The van der Waals surface area contributed by atoms with Gasteiger partial charge in [-0.05, 0) is 42.3 Å². The monoisotopic (exact) mass is 362 g/mol. The van der Waals surface area contributed by atoms with Gasteiger partial charge in [0.05, 0.1) is 22.3 Å². The van der Waals surface area contributed by atoms with E-state index in [1.165, 1.54) is 0 Å². The average Bonchev–Trinajstić information content (AvgIpc) is 2.98. The second kappa shape index (κ2) is 7.55. The molecule has 0 spiro atoms. The lowest BCUT2D eigenvalue weighted by atomic mass is 10.1. The molecule has 0 radical (unpaired) electrons. The van der Waals surface area contributed by atoms with E-state index < -0.39 is 0 Å². The first-order valence-corrected chi connectivity index (χ1v) is 8.91. The van der Waals surface area contributed by atoms with Crippen LogP contribution in [0.1, 0.15) is 30.7 Å². The molecule has 0 saturated carbocycles. The van der Waals surface area contributed by atoms with E-state index >= 15 is 0 Å². The maximum Gasteiger partial charge on any atom is 0.141 e. The number of aromatic nitrogens is 3. The van der Waals surface area contributed by atoms with Crippen LogP contribution in [-0.2, 0) is 6.54 Å². The standard InChI is InChI=1S/C19H13ClN4.C2H6/c1-12-10-24(19-9-22-16(7-21)6-17(12)19)11-13-2-3-18-14(4-13)5-15(20)8-23-18;1-2/h2-6,8-10H,11H2,1H3;1-2H3. The van der Waals surface area contributed by atoms with Crippen molar-refractivity contribution in [2.24, 2.45) is 0 Å². The molecule has 0 fully saturated rings. The first-order valence-electron chi connectivity index (χ1n) is 8.54. The van der Waals surface area contributed by atoms with Crippen molar-refractivity contribution in [3.63, 3.8) is 0 Å². The second-order valence-corrected chi connectivity index (χ2v) is 6.26. The third kappa shape index (κ3) is 3.40. The minimum Gasteiger partial charge on any atom is -0.342 e. The molecule has 26 heavy (non-hydrogen) atoms. The van der Waals surface area contributed by atoms with Gasteiger partial charge in [0.1, 0.15) is 11.8 Å². The predicted molar refractivity (Wildman–Crippen MR) is 106 cm³/mol. The van der Waals surface area contributed by atoms with Crippen LogP contribution in [0.15, 0.2) is 48.9 Å². The van der Waals surface area contributed by atoms with E-state index in [2.05, 4.69) is 38.9 Å². The lowest BCUT2D eigenvalue weighted by Gasteiger charge is -2.07. The van der Waals surface area contributed by atoms with Gasteiger partial charge in [0.25, 0.3) is 0 Å². The largest absolute Gasteiger partial charge is 0.342 e. The zero-order valence-corrected chi connectivity index (χ0v) is 15.7. The SMILES string of the molecule is CC.Cc1cn(Cc2ccc3ncc(Cl)cc3c2)c2cnc(C#N)cc12. The van der Waals surface area contributed by atoms with Gasteiger partial charge in [-0.15, -0.1) is 0 Å². The molecule has 1 aromatic carbocycles. The molecule has 0 aliphatic rings. The highest BCUT2D eigenvalue weighted by Crippen LogP contribution is 2.23. The van der Waals surface area contributed by atoms with Crippen molar-refractivity contribution >= 4 is 33.4 Å². The summed E-state index contributed by atoms with van der Waals surface area (Å²) < 4.78 is 2.15. The number of rotatable bonds is 2.